The fourth-order valence-electron chi connectivity index (χ4n) is 1.95. The molecule has 3 rings (SSSR count). The average Bonchev–Trinajstić information content (AvgIpc) is 3.35. The highest BCUT2D eigenvalue weighted by molar-refractivity contribution is 6.30. The van der Waals surface area contributed by atoms with Crippen molar-refractivity contribution in [2.45, 2.75) is 12.8 Å². The third-order valence-electron chi connectivity index (χ3n) is 3.36. The van der Waals surface area contributed by atoms with Crippen molar-refractivity contribution < 1.29 is 14.3 Å². The first-order valence-electron chi connectivity index (χ1n) is 7.00. The molecule has 0 heterocycles. The lowest BCUT2D eigenvalue weighted by atomic mass is 10.2. The number of rotatable bonds is 4. The van der Waals surface area contributed by atoms with Crippen molar-refractivity contribution in [2.75, 3.05) is 5.32 Å². The van der Waals surface area contributed by atoms with Crippen LogP contribution in [0.4, 0.5) is 5.69 Å². The number of halogens is 1. The monoisotopic (exact) mass is 315 g/mol. The standard InChI is InChI=1S/C17H14ClNO3/c18-13-5-9-15(10-6-13)22-17(21)12-3-7-14(8-4-12)19-16(20)11-1-2-11/h3-11H,1-2H2,(H,19,20). The van der Waals surface area contributed by atoms with Crippen LogP contribution in [0.3, 0.4) is 0 Å². The highest BCUT2D eigenvalue weighted by atomic mass is 35.5. The van der Waals surface area contributed by atoms with Crippen molar-refractivity contribution in [2.24, 2.45) is 5.92 Å². The van der Waals surface area contributed by atoms with Gasteiger partial charge in [0.05, 0.1) is 5.56 Å². The van der Waals surface area contributed by atoms with Gasteiger partial charge in [0.1, 0.15) is 5.75 Å². The number of carbonyl (C=O) groups is 2. The Morgan fingerprint density at radius 3 is 2.23 bits per heavy atom. The van der Waals surface area contributed by atoms with Crippen molar-refractivity contribution >= 4 is 29.2 Å². The van der Waals surface area contributed by atoms with Crippen LogP contribution in [0.1, 0.15) is 23.2 Å². The number of benzene rings is 2. The second-order valence-corrected chi connectivity index (χ2v) is 5.62. The van der Waals surface area contributed by atoms with Crippen molar-refractivity contribution in [1.82, 2.24) is 0 Å². The Kier molecular flexibility index (Phi) is 4.11. The third-order valence-corrected chi connectivity index (χ3v) is 3.61. The zero-order valence-corrected chi connectivity index (χ0v) is 12.5. The predicted octanol–water partition coefficient (Wildman–Crippen LogP) is 3.91. The predicted molar refractivity (Wildman–Crippen MR) is 84.2 cm³/mol. The minimum absolute atomic E-state index is 0.0384. The Morgan fingerprint density at radius 2 is 1.64 bits per heavy atom. The van der Waals surface area contributed by atoms with Gasteiger partial charge in [0, 0.05) is 16.6 Å². The van der Waals surface area contributed by atoms with Crippen molar-refractivity contribution in [1.29, 1.82) is 0 Å². The van der Waals surface area contributed by atoms with Crippen LogP contribution < -0.4 is 10.1 Å². The van der Waals surface area contributed by atoms with E-state index < -0.39 is 5.97 Å². The SMILES string of the molecule is O=C(Oc1ccc(Cl)cc1)c1ccc(NC(=O)C2CC2)cc1. The van der Waals surface area contributed by atoms with Gasteiger partial charge in [-0.05, 0) is 61.4 Å². The molecule has 0 saturated heterocycles. The molecule has 2 aromatic carbocycles. The van der Waals surface area contributed by atoms with Gasteiger partial charge in [0.15, 0.2) is 0 Å². The molecule has 0 aliphatic heterocycles. The molecule has 0 radical (unpaired) electrons. The molecule has 2 aromatic rings. The van der Waals surface area contributed by atoms with E-state index in [-0.39, 0.29) is 11.8 Å². The molecule has 0 unspecified atom stereocenters. The van der Waals surface area contributed by atoms with E-state index in [9.17, 15) is 9.59 Å². The van der Waals surface area contributed by atoms with E-state index in [0.717, 1.165) is 12.8 Å². The first-order valence-corrected chi connectivity index (χ1v) is 7.38. The van der Waals surface area contributed by atoms with Crippen LogP contribution in [0, 0.1) is 5.92 Å². The molecule has 4 nitrogen and oxygen atoms in total. The number of anilines is 1. The number of nitrogens with one attached hydrogen (secondary N) is 1. The zero-order valence-electron chi connectivity index (χ0n) is 11.7. The van der Waals surface area contributed by atoms with E-state index >= 15 is 0 Å². The number of esters is 1. The minimum Gasteiger partial charge on any atom is -0.423 e. The Hall–Kier alpha value is -2.33. The molecule has 1 saturated carbocycles. The van der Waals surface area contributed by atoms with Crippen molar-refractivity contribution in [3.8, 4) is 5.75 Å². The van der Waals surface area contributed by atoms with Gasteiger partial charge in [0.25, 0.3) is 0 Å². The highest BCUT2D eigenvalue weighted by Gasteiger charge is 2.29. The van der Waals surface area contributed by atoms with E-state index in [1.807, 2.05) is 0 Å². The summed E-state index contributed by atoms with van der Waals surface area (Å²) in [5.41, 5.74) is 1.10. The van der Waals surface area contributed by atoms with Gasteiger partial charge in [-0.25, -0.2) is 4.79 Å². The summed E-state index contributed by atoms with van der Waals surface area (Å²) in [4.78, 5) is 23.7. The molecule has 1 aliphatic rings. The first kappa shape index (κ1) is 14.6. The molecule has 0 bridgehead atoms. The van der Waals surface area contributed by atoms with E-state index in [1.54, 1.807) is 48.5 Å². The molecular formula is C17H14ClNO3. The number of hydrogen-bond acceptors (Lipinski definition) is 3. The molecule has 1 fully saturated rings. The van der Waals surface area contributed by atoms with Crippen molar-refractivity contribution in [3.63, 3.8) is 0 Å². The normalized spacial score (nSPS) is 13.5. The Bertz CT molecular complexity index is 691. The van der Waals surface area contributed by atoms with Gasteiger partial charge in [-0.1, -0.05) is 11.6 Å². The summed E-state index contributed by atoms with van der Waals surface area (Å²) >= 11 is 5.78. The Labute approximate surface area is 133 Å². The summed E-state index contributed by atoms with van der Waals surface area (Å²) in [6.07, 6.45) is 1.91. The molecule has 112 valence electrons. The Balaban J connectivity index is 1.62. The summed E-state index contributed by atoms with van der Waals surface area (Å²) in [6, 6.07) is 13.2. The molecular weight excluding hydrogens is 302 g/mol. The van der Waals surface area contributed by atoms with E-state index in [1.165, 1.54) is 0 Å². The maximum absolute atomic E-state index is 12.0. The summed E-state index contributed by atoms with van der Waals surface area (Å²) < 4.78 is 5.24. The van der Waals surface area contributed by atoms with Crippen LogP contribution in [0.2, 0.25) is 5.02 Å². The van der Waals surface area contributed by atoms with Crippen LogP contribution >= 0.6 is 11.6 Å². The quantitative estimate of drug-likeness (QED) is 0.687. The minimum atomic E-state index is -0.456. The number of carbonyl (C=O) groups excluding carboxylic acids is 2. The summed E-state index contributed by atoms with van der Waals surface area (Å²) in [5, 5.41) is 3.40. The number of hydrogen-bond donors (Lipinski definition) is 1. The summed E-state index contributed by atoms with van der Waals surface area (Å²) in [6.45, 7) is 0. The average molecular weight is 316 g/mol. The van der Waals surface area contributed by atoms with E-state index in [0.29, 0.717) is 22.0 Å². The topological polar surface area (TPSA) is 55.4 Å². The van der Waals surface area contributed by atoms with Gasteiger partial charge in [-0.2, -0.15) is 0 Å². The first-order chi connectivity index (χ1) is 10.6. The summed E-state index contributed by atoms with van der Waals surface area (Å²) in [5.74, 6) is 0.161. The second-order valence-electron chi connectivity index (χ2n) is 5.18. The van der Waals surface area contributed by atoms with Crippen LogP contribution in [-0.4, -0.2) is 11.9 Å². The third kappa shape index (κ3) is 3.65. The lowest BCUT2D eigenvalue weighted by Crippen LogP contribution is -2.13. The molecule has 1 N–H and O–H groups in total. The van der Waals surface area contributed by atoms with Gasteiger partial charge in [-0.15, -0.1) is 0 Å². The Morgan fingerprint density at radius 1 is 1.00 bits per heavy atom. The molecule has 1 amide bonds. The summed E-state index contributed by atoms with van der Waals surface area (Å²) in [7, 11) is 0. The molecule has 0 spiro atoms. The van der Waals surface area contributed by atoms with Gasteiger partial charge in [0.2, 0.25) is 5.91 Å². The van der Waals surface area contributed by atoms with Crippen LogP contribution in [0.25, 0.3) is 0 Å². The fraction of sp³-hybridized carbons (Fsp3) is 0.176. The van der Waals surface area contributed by atoms with Crippen LogP contribution in [-0.2, 0) is 4.79 Å². The molecule has 0 atom stereocenters. The molecule has 0 aromatic heterocycles. The zero-order chi connectivity index (χ0) is 15.5. The van der Waals surface area contributed by atoms with Crippen LogP contribution in [0.5, 0.6) is 5.75 Å². The van der Waals surface area contributed by atoms with E-state index in [2.05, 4.69) is 5.32 Å². The van der Waals surface area contributed by atoms with Crippen molar-refractivity contribution in [3.05, 3.63) is 59.1 Å². The molecule has 1 aliphatic carbocycles. The lowest BCUT2D eigenvalue weighted by molar-refractivity contribution is -0.117. The van der Waals surface area contributed by atoms with Gasteiger partial charge in [-0.3, -0.25) is 4.79 Å². The number of amides is 1. The van der Waals surface area contributed by atoms with Crippen LogP contribution in [0.15, 0.2) is 48.5 Å². The highest BCUT2D eigenvalue weighted by Crippen LogP contribution is 2.30. The number of ether oxygens (including phenoxy) is 1. The van der Waals surface area contributed by atoms with Gasteiger partial charge < -0.3 is 10.1 Å². The van der Waals surface area contributed by atoms with Gasteiger partial charge >= 0.3 is 5.97 Å². The maximum Gasteiger partial charge on any atom is 0.343 e. The smallest absolute Gasteiger partial charge is 0.343 e. The molecule has 22 heavy (non-hydrogen) atoms. The molecule has 5 heteroatoms. The lowest BCUT2D eigenvalue weighted by Gasteiger charge is -2.06. The second kappa shape index (κ2) is 6.20. The fourth-order valence-corrected chi connectivity index (χ4v) is 2.07. The largest absolute Gasteiger partial charge is 0.423 e. The van der Waals surface area contributed by atoms with E-state index in [4.69, 9.17) is 16.3 Å². The maximum atomic E-state index is 12.0.